The lowest BCUT2D eigenvalue weighted by molar-refractivity contribution is 0.0904. The van der Waals surface area contributed by atoms with E-state index >= 15 is 0 Å². The van der Waals surface area contributed by atoms with Crippen LogP contribution in [0, 0.1) is 5.82 Å². The van der Waals surface area contributed by atoms with Crippen molar-refractivity contribution in [3.05, 3.63) is 17.9 Å². The van der Waals surface area contributed by atoms with Crippen molar-refractivity contribution in [3.63, 3.8) is 0 Å². The number of ether oxygens (including phenoxy) is 2. The van der Waals surface area contributed by atoms with Gasteiger partial charge in [-0.15, -0.1) is 0 Å². The molecule has 0 unspecified atom stereocenters. The number of hydrogen-bond donors (Lipinski definition) is 2. The van der Waals surface area contributed by atoms with Crippen molar-refractivity contribution in [1.29, 1.82) is 0 Å². The average Bonchev–Trinajstić information content (AvgIpc) is 2.42. The lowest BCUT2D eigenvalue weighted by atomic mass is 10.1. The number of halogens is 1. The van der Waals surface area contributed by atoms with E-state index in [1.165, 1.54) is 6.07 Å². The fourth-order valence-corrected chi connectivity index (χ4v) is 2.08. The van der Waals surface area contributed by atoms with Gasteiger partial charge in [0.2, 0.25) is 0 Å². The maximum absolute atomic E-state index is 13.7. The molecule has 1 aromatic carbocycles. The summed E-state index contributed by atoms with van der Waals surface area (Å²) in [6.45, 7) is 3.98. The predicted molar refractivity (Wildman–Crippen MR) is 74.1 cm³/mol. The van der Waals surface area contributed by atoms with Crippen LogP contribution in [-0.2, 0) is 4.74 Å². The summed E-state index contributed by atoms with van der Waals surface area (Å²) in [6, 6.07) is 3.28. The summed E-state index contributed by atoms with van der Waals surface area (Å²) in [6.07, 6.45) is 2.70. The van der Waals surface area contributed by atoms with Gasteiger partial charge in [-0.05, 0) is 19.3 Å². The highest BCUT2D eigenvalue weighted by atomic mass is 19.1. The number of nitrogens with two attached hydrogens (primary N) is 1. The highest BCUT2D eigenvalue weighted by Gasteiger charge is 2.16. The Morgan fingerprint density at radius 1 is 1.42 bits per heavy atom. The van der Waals surface area contributed by atoms with Crippen molar-refractivity contribution < 1.29 is 13.9 Å². The number of rotatable bonds is 5. The molecule has 0 aromatic heterocycles. The molecule has 1 heterocycles. The van der Waals surface area contributed by atoms with Crippen LogP contribution < -0.4 is 15.8 Å². The van der Waals surface area contributed by atoms with Gasteiger partial charge in [-0.2, -0.15) is 0 Å². The van der Waals surface area contributed by atoms with Crippen molar-refractivity contribution in [2.45, 2.75) is 32.2 Å². The van der Waals surface area contributed by atoms with E-state index in [2.05, 4.69) is 5.32 Å². The van der Waals surface area contributed by atoms with E-state index in [-0.39, 0.29) is 5.75 Å². The first kappa shape index (κ1) is 13.9. The molecular weight excluding hydrogens is 247 g/mol. The molecule has 0 bridgehead atoms. The third kappa shape index (κ3) is 3.73. The molecule has 0 radical (unpaired) electrons. The smallest absolute Gasteiger partial charge is 0.167 e. The van der Waals surface area contributed by atoms with Gasteiger partial charge in [-0.1, -0.05) is 6.92 Å². The summed E-state index contributed by atoms with van der Waals surface area (Å²) in [5.74, 6) is -0.158. The van der Waals surface area contributed by atoms with Gasteiger partial charge in [-0.3, -0.25) is 0 Å². The first-order valence-corrected chi connectivity index (χ1v) is 6.76. The van der Waals surface area contributed by atoms with Crippen LogP contribution in [0.1, 0.15) is 26.2 Å². The predicted octanol–water partition coefficient (Wildman–Crippen LogP) is 2.79. The molecule has 19 heavy (non-hydrogen) atoms. The minimum Gasteiger partial charge on any atom is -0.490 e. The van der Waals surface area contributed by atoms with Crippen molar-refractivity contribution in [2.24, 2.45) is 0 Å². The van der Waals surface area contributed by atoms with E-state index in [1.54, 1.807) is 6.07 Å². The van der Waals surface area contributed by atoms with E-state index in [0.717, 1.165) is 38.2 Å². The number of anilines is 2. The van der Waals surface area contributed by atoms with Gasteiger partial charge in [0.15, 0.2) is 11.6 Å². The van der Waals surface area contributed by atoms with E-state index in [1.807, 2.05) is 6.92 Å². The standard InChI is InChI=1S/C14H21FN2O2/c1-2-5-19-14-9-13(12(16)8-11(14)15)17-10-3-6-18-7-4-10/h8-10,17H,2-7,16H2,1H3. The van der Waals surface area contributed by atoms with E-state index in [4.69, 9.17) is 15.2 Å². The monoisotopic (exact) mass is 268 g/mol. The zero-order valence-corrected chi connectivity index (χ0v) is 11.2. The SMILES string of the molecule is CCCOc1cc(NC2CCOCC2)c(N)cc1F. The Kier molecular flexibility index (Phi) is 4.85. The van der Waals surface area contributed by atoms with Gasteiger partial charge in [0.25, 0.3) is 0 Å². The van der Waals surface area contributed by atoms with Crippen LogP contribution in [0.25, 0.3) is 0 Å². The molecule has 5 heteroatoms. The van der Waals surface area contributed by atoms with Crippen LogP contribution in [-0.4, -0.2) is 25.9 Å². The fraction of sp³-hybridized carbons (Fsp3) is 0.571. The zero-order valence-electron chi connectivity index (χ0n) is 11.2. The Labute approximate surface area is 113 Å². The summed E-state index contributed by atoms with van der Waals surface area (Å²) < 4.78 is 24.4. The summed E-state index contributed by atoms with van der Waals surface area (Å²) in [5, 5.41) is 3.34. The molecule has 1 aliphatic heterocycles. The average molecular weight is 268 g/mol. The molecule has 1 fully saturated rings. The zero-order chi connectivity index (χ0) is 13.7. The van der Waals surface area contributed by atoms with Gasteiger partial charge in [-0.25, -0.2) is 4.39 Å². The van der Waals surface area contributed by atoms with Crippen LogP contribution in [0.4, 0.5) is 15.8 Å². The van der Waals surface area contributed by atoms with Crippen LogP contribution in [0.3, 0.4) is 0 Å². The Hall–Kier alpha value is -1.49. The molecule has 1 aromatic rings. The van der Waals surface area contributed by atoms with Crippen LogP contribution >= 0.6 is 0 Å². The second kappa shape index (κ2) is 6.61. The van der Waals surface area contributed by atoms with Crippen LogP contribution in [0.15, 0.2) is 12.1 Å². The quantitative estimate of drug-likeness (QED) is 0.806. The highest BCUT2D eigenvalue weighted by Crippen LogP contribution is 2.29. The molecule has 4 nitrogen and oxygen atoms in total. The largest absolute Gasteiger partial charge is 0.490 e. The van der Waals surface area contributed by atoms with E-state index < -0.39 is 5.82 Å². The van der Waals surface area contributed by atoms with Crippen LogP contribution in [0.2, 0.25) is 0 Å². The summed E-state index contributed by atoms with van der Waals surface area (Å²) in [4.78, 5) is 0. The summed E-state index contributed by atoms with van der Waals surface area (Å²) in [5.41, 5.74) is 6.99. The molecule has 1 saturated heterocycles. The van der Waals surface area contributed by atoms with E-state index in [9.17, 15) is 4.39 Å². The molecule has 0 amide bonds. The fourth-order valence-electron chi connectivity index (χ4n) is 2.08. The summed E-state index contributed by atoms with van der Waals surface area (Å²) >= 11 is 0. The van der Waals surface area contributed by atoms with Gasteiger partial charge in [0, 0.05) is 31.4 Å². The third-order valence-corrected chi connectivity index (χ3v) is 3.15. The minimum atomic E-state index is -0.413. The van der Waals surface area contributed by atoms with Crippen molar-refractivity contribution in [1.82, 2.24) is 0 Å². The number of hydrogen-bond acceptors (Lipinski definition) is 4. The van der Waals surface area contributed by atoms with Gasteiger partial charge in [0.1, 0.15) is 0 Å². The number of nitrogens with one attached hydrogen (secondary N) is 1. The molecule has 0 saturated carbocycles. The number of nitrogen functional groups attached to an aromatic ring is 1. The normalized spacial score (nSPS) is 16.3. The molecular formula is C14H21FN2O2. The second-order valence-corrected chi connectivity index (χ2v) is 4.75. The molecule has 0 spiro atoms. The van der Waals surface area contributed by atoms with Crippen LogP contribution in [0.5, 0.6) is 5.75 Å². The molecule has 0 aliphatic carbocycles. The van der Waals surface area contributed by atoms with Gasteiger partial charge >= 0.3 is 0 Å². The maximum Gasteiger partial charge on any atom is 0.167 e. The lowest BCUT2D eigenvalue weighted by Crippen LogP contribution is -2.28. The van der Waals surface area contributed by atoms with Crippen molar-refractivity contribution >= 4 is 11.4 Å². The topological polar surface area (TPSA) is 56.5 Å². The van der Waals surface area contributed by atoms with Gasteiger partial charge in [0.05, 0.1) is 18.0 Å². The number of benzene rings is 1. The molecule has 3 N–H and O–H groups in total. The molecule has 1 aliphatic rings. The van der Waals surface area contributed by atoms with E-state index in [0.29, 0.717) is 18.3 Å². The van der Waals surface area contributed by atoms with Crippen molar-refractivity contribution in [2.75, 3.05) is 30.9 Å². The first-order chi connectivity index (χ1) is 9.20. The van der Waals surface area contributed by atoms with Gasteiger partial charge < -0.3 is 20.5 Å². The third-order valence-electron chi connectivity index (χ3n) is 3.15. The molecule has 106 valence electrons. The minimum absolute atomic E-state index is 0.255. The molecule has 2 rings (SSSR count). The second-order valence-electron chi connectivity index (χ2n) is 4.75. The summed E-state index contributed by atoms with van der Waals surface area (Å²) in [7, 11) is 0. The lowest BCUT2D eigenvalue weighted by Gasteiger charge is -2.25. The first-order valence-electron chi connectivity index (χ1n) is 6.76. The Morgan fingerprint density at radius 2 is 2.16 bits per heavy atom. The Balaban J connectivity index is 2.09. The maximum atomic E-state index is 13.7. The Morgan fingerprint density at radius 3 is 2.84 bits per heavy atom. The molecule has 0 atom stereocenters. The Bertz CT molecular complexity index is 420. The van der Waals surface area contributed by atoms with Crippen molar-refractivity contribution in [3.8, 4) is 5.75 Å². The highest BCUT2D eigenvalue weighted by molar-refractivity contribution is 5.69.